The molecule has 0 heterocycles. The Kier molecular flexibility index (Phi) is 74.7. The number of ether oxygens (including phenoxy) is 4. The highest BCUT2D eigenvalue weighted by Crippen LogP contribution is 2.45. The second kappa shape index (κ2) is 76.1. The standard InChI is InChI=1S/C86H168O17P2/c1-8-10-11-12-13-14-15-16-17-18-19-20-21-22-23-28-34-39-48-55-62-69-85(90)102-81(73-96-83(88)67-60-53-46-38-33-27-25-24-26-32-37-45-52-59-66-79(7)9-2)75-100-104(92,93)98-71-80(87)72-99-105(94,95)101-76-82(74-97-84(89)68-61-54-47-42-41-44-51-58-65-78(5)6)103-86(91)70-63-56-49-40-35-30-29-31-36-43-50-57-64-77(3)4/h77-82,87H,8-76H2,1-7H3,(H,92,93)(H,94,95)/t79?,80-,81-,82-/m1/s1. The summed E-state index contributed by atoms with van der Waals surface area (Å²) in [6, 6.07) is 0. The van der Waals surface area contributed by atoms with E-state index in [9.17, 15) is 43.2 Å². The van der Waals surface area contributed by atoms with Crippen molar-refractivity contribution >= 4 is 39.5 Å². The van der Waals surface area contributed by atoms with Crippen molar-refractivity contribution in [3.63, 3.8) is 0 Å². The summed E-state index contributed by atoms with van der Waals surface area (Å²) in [5, 5.41) is 10.7. The normalized spacial score (nSPS) is 14.1. The Hall–Kier alpha value is -1.94. The number of phosphoric acid groups is 2. The van der Waals surface area contributed by atoms with Crippen LogP contribution in [0.25, 0.3) is 0 Å². The lowest BCUT2D eigenvalue weighted by Gasteiger charge is -2.21. The third-order valence-electron chi connectivity index (χ3n) is 20.5. The lowest BCUT2D eigenvalue weighted by Crippen LogP contribution is -2.30. The summed E-state index contributed by atoms with van der Waals surface area (Å²) in [7, 11) is -9.93. The van der Waals surface area contributed by atoms with Gasteiger partial charge in [0.15, 0.2) is 12.2 Å². The Bertz CT molecular complexity index is 2030. The quantitative estimate of drug-likeness (QED) is 0.0222. The molecule has 0 radical (unpaired) electrons. The Balaban J connectivity index is 5.24. The maximum absolute atomic E-state index is 13.1. The highest BCUT2D eigenvalue weighted by atomic mass is 31.2. The average Bonchev–Trinajstić information content (AvgIpc) is 0.913. The molecule has 0 saturated carbocycles. The highest BCUT2D eigenvalue weighted by Gasteiger charge is 2.30. The molecular weight excluding hydrogens is 1370 g/mol. The van der Waals surface area contributed by atoms with Crippen LogP contribution in [-0.4, -0.2) is 96.7 Å². The topological polar surface area (TPSA) is 237 Å². The first-order valence-corrected chi connectivity index (χ1v) is 47.4. The highest BCUT2D eigenvalue weighted by molar-refractivity contribution is 7.47. The van der Waals surface area contributed by atoms with Crippen LogP contribution in [0.4, 0.5) is 0 Å². The number of aliphatic hydroxyl groups excluding tert-OH is 1. The lowest BCUT2D eigenvalue weighted by atomic mass is 9.99. The van der Waals surface area contributed by atoms with E-state index in [-0.39, 0.29) is 25.7 Å². The molecule has 0 spiro atoms. The fourth-order valence-corrected chi connectivity index (χ4v) is 14.9. The van der Waals surface area contributed by atoms with E-state index in [1.54, 1.807) is 0 Å². The van der Waals surface area contributed by atoms with Crippen molar-refractivity contribution in [3.05, 3.63) is 0 Å². The van der Waals surface area contributed by atoms with E-state index >= 15 is 0 Å². The van der Waals surface area contributed by atoms with Crippen molar-refractivity contribution in [2.24, 2.45) is 17.8 Å². The van der Waals surface area contributed by atoms with E-state index in [1.165, 1.54) is 263 Å². The number of phosphoric ester groups is 2. The van der Waals surface area contributed by atoms with Gasteiger partial charge in [-0.25, -0.2) is 9.13 Å². The van der Waals surface area contributed by atoms with Crippen molar-refractivity contribution in [1.82, 2.24) is 0 Å². The van der Waals surface area contributed by atoms with E-state index < -0.39 is 97.5 Å². The molecule has 0 aromatic heterocycles. The molecule has 0 rings (SSSR count). The van der Waals surface area contributed by atoms with E-state index in [0.29, 0.717) is 25.7 Å². The second-order valence-electron chi connectivity index (χ2n) is 32.1. The molecule has 0 aliphatic carbocycles. The molecule has 3 N–H and O–H groups in total. The summed E-state index contributed by atoms with van der Waals surface area (Å²) in [6.07, 6.45) is 66.7. The summed E-state index contributed by atoms with van der Waals surface area (Å²) in [5.74, 6) is 0.247. The van der Waals surface area contributed by atoms with Gasteiger partial charge in [0, 0.05) is 25.7 Å². The first-order chi connectivity index (χ1) is 50.8. The summed E-state index contributed by atoms with van der Waals surface area (Å²) in [6.45, 7) is 12.0. The molecular formula is C86H168O17P2. The van der Waals surface area contributed by atoms with Gasteiger partial charge in [0.2, 0.25) is 0 Å². The zero-order valence-corrected chi connectivity index (χ0v) is 71.0. The summed E-state index contributed by atoms with van der Waals surface area (Å²) >= 11 is 0. The minimum absolute atomic E-state index is 0.106. The average molecular weight is 1540 g/mol. The maximum Gasteiger partial charge on any atom is 0.472 e. The summed E-state index contributed by atoms with van der Waals surface area (Å²) < 4.78 is 68.9. The summed E-state index contributed by atoms with van der Waals surface area (Å²) in [5.41, 5.74) is 0. The monoisotopic (exact) mass is 1540 g/mol. The van der Waals surface area contributed by atoms with Gasteiger partial charge < -0.3 is 33.8 Å². The molecule has 0 aliphatic rings. The first-order valence-electron chi connectivity index (χ1n) is 44.4. The summed E-state index contributed by atoms with van der Waals surface area (Å²) in [4.78, 5) is 73.2. The molecule has 0 saturated heterocycles. The number of hydrogen-bond donors (Lipinski definition) is 3. The first kappa shape index (κ1) is 103. The van der Waals surface area contributed by atoms with Crippen molar-refractivity contribution in [3.8, 4) is 0 Å². The van der Waals surface area contributed by atoms with Gasteiger partial charge in [-0.2, -0.15) is 0 Å². The minimum Gasteiger partial charge on any atom is -0.462 e. The minimum atomic E-state index is -4.97. The van der Waals surface area contributed by atoms with Gasteiger partial charge >= 0.3 is 39.5 Å². The molecule has 624 valence electrons. The van der Waals surface area contributed by atoms with Gasteiger partial charge in [-0.3, -0.25) is 37.3 Å². The predicted molar refractivity (Wildman–Crippen MR) is 432 cm³/mol. The van der Waals surface area contributed by atoms with Crippen LogP contribution in [0.3, 0.4) is 0 Å². The molecule has 0 aliphatic heterocycles. The van der Waals surface area contributed by atoms with Crippen LogP contribution in [-0.2, 0) is 65.4 Å². The smallest absolute Gasteiger partial charge is 0.462 e. The Labute approximate surface area is 645 Å². The number of esters is 4. The molecule has 0 amide bonds. The van der Waals surface area contributed by atoms with E-state index in [1.807, 2.05) is 0 Å². The number of unbranched alkanes of at least 4 members (excludes halogenated alkanes) is 51. The molecule has 19 heteroatoms. The van der Waals surface area contributed by atoms with Crippen LogP contribution < -0.4 is 0 Å². The van der Waals surface area contributed by atoms with Crippen molar-refractivity contribution in [1.29, 1.82) is 0 Å². The third-order valence-corrected chi connectivity index (χ3v) is 22.4. The van der Waals surface area contributed by atoms with Crippen LogP contribution in [0.2, 0.25) is 0 Å². The second-order valence-corrected chi connectivity index (χ2v) is 35.0. The van der Waals surface area contributed by atoms with E-state index in [4.69, 9.17) is 37.0 Å². The maximum atomic E-state index is 13.1. The Morgan fingerprint density at radius 3 is 0.724 bits per heavy atom. The van der Waals surface area contributed by atoms with Crippen molar-refractivity contribution in [2.75, 3.05) is 39.6 Å². The number of carbonyl (C=O) groups excluding carboxylic acids is 4. The van der Waals surface area contributed by atoms with E-state index in [2.05, 4.69) is 48.5 Å². The molecule has 0 aromatic rings. The molecule has 0 fully saturated rings. The number of rotatable bonds is 84. The van der Waals surface area contributed by atoms with Gasteiger partial charge in [0.05, 0.1) is 26.4 Å². The van der Waals surface area contributed by atoms with Gasteiger partial charge in [0.1, 0.15) is 19.3 Å². The van der Waals surface area contributed by atoms with E-state index in [0.717, 1.165) is 108 Å². The molecule has 6 atom stereocenters. The largest absolute Gasteiger partial charge is 0.472 e. The van der Waals surface area contributed by atoms with Gasteiger partial charge in [-0.15, -0.1) is 0 Å². The molecule has 0 bridgehead atoms. The van der Waals surface area contributed by atoms with Crippen molar-refractivity contribution in [2.45, 2.75) is 471 Å². The Morgan fingerprint density at radius 1 is 0.276 bits per heavy atom. The lowest BCUT2D eigenvalue weighted by molar-refractivity contribution is -0.161. The van der Waals surface area contributed by atoms with Gasteiger partial charge in [0.25, 0.3) is 0 Å². The van der Waals surface area contributed by atoms with Crippen molar-refractivity contribution < 1.29 is 80.2 Å². The SMILES string of the molecule is CCCCCCCCCCCCCCCCCCCCCCCC(=O)O[C@H](COC(=O)CCCCCCCCCCCCCCCCC(C)CC)COP(=O)(O)OC[C@@H](O)COP(=O)(O)OC[C@@H](COC(=O)CCCCCCCCCCC(C)C)OC(=O)CCCCCCCCCCCCCCC(C)C. The van der Waals surface area contributed by atoms with Crippen LogP contribution in [0.15, 0.2) is 0 Å². The number of hydrogen-bond acceptors (Lipinski definition) is 15. The predicted octanol–water partition coefficient (Wildman–Crippen LogP) is 26.1. The number of aliphatic hydroxyl groups is 1. The van der Waals surface area contributed by atoms with Crippen LogP contribution in [0.5, 0.6) is 0 Å². The zero-order valence-electron chi connectivity index (χ0n) is 69.2. The fourth-order valence-electron chi connectivity index (χ4n) is 13.3. The van der Waals surface area contributed by atoms with Gasteiger partial charge in [-0.05, 0) is 43.4 Å². The fraction of sp³-hybridized carbons (Fsp3) is 0.953. The molecule has 17 nitrogen and oxygen atoms in total. The molecule has 105 heavy (non-hydrogen) atoms. The van der Waals surface area contributed by atoms with Crippen LogP contribution in [0, 0.1) is 17.8 Å². The third kappa shape index (κ3) is 78.5. The van der Waals surface area contributed by atoms with Crippen LogP contribution >= 0.6 is 15.6 Å². The number of carbonyl (C=O) groups is 4. The zero-order chi connectivity index (χ0) is 77.2. The Morgan fingerprint density at radius 2 is 0.486 bits per heavy atom. The van der Waals surface area contributed by atoms with Crippen LogP contribution in [0.1, 0.15) is 453 Å². The van der Waals surface area contributed by atoms with Gasteiger partial charge in [-0.1, -0.05) is 402 Å². The molecule has 0 aromatic carbocycles. The molecule has 3 unspecified atom stereocenters.